The lowest BCUT2D eigenvalue weighted by atomic mass is 10.1. The van der Waals surface area contributed by atoms with Gasteiger partial charge in [0, 0.05) is 0 Å². The summed E-state index contributed by atoms with van der Waals surface area (Å²) < 4.78 is 93.0. The minimum absolute atomic E-state index is 0.00751. The third-order valence-corrected chi connectivity index (χ3v) is 4.99. The highest BCUT2D eigenvalue weighted by atomic mass is 32.2. The molecule has 0 saturated carbocycles. The molecule has 3 aliphatic rings. The van der Waals surface area contributed by atoms with E-state index in [0.717, 1.165) is 0 Å². The Hall–Kier alpha value is -0.500. The summed E-state index contributed by atoms with van der Waals surface area (Å²) in [5.41, 5.74) is -5.57. The molecule has 0 aromatic rings. The fraction of sp³-hybridized carbons (Fsp3) is 1.00. The lowest BCUT2D eigenvalue weighted by Gasteiger charge is -2.28. The molecule has 3 saturated heterocycles. The molecular formula is C13H19F3O8S. The summed E-state index contributed by atoms with van der Waals surface area (Å²) in [6.45, 7) is 6.27. The molecule has 12 heteroatoms. The van der Waals surface area contributed by atoms with Gasteiger partial charge in [0.1, 0.15) is 24.4 Å². The van der Waals surface area contributed by atoms with Crippen molar-refractivity contribution in [1.29, 1.82) is 0 Å². The molecular weight excluding hydrogens is 373 g/mol. The van der Waals surface area contributed by atoms with Crippen LogP contribution in [0.2, 0.25) is 0 Å². The van der Waals surface area contributed by atoms with Gasteiger partial charge in [-0.05, 0) is 27.7 Å². The van der Waals surface area contributed by atoms with Crippen molar-refractivity contribution in [2.75, 3.05) is 6.61 Å². The normalized spacial score (nSPS) is 40.4. The van der Waals surface area contributed by atoms with Crippen LogP contribution in [0, 0.1) is 0 Å². The number of halogens is 3. The van der Waals surface area contributed by atoms with Crippen LogP contribution in [0.5, 0.6) is 0 Å². The second kappa shape index (κ2) is 5.75. The van der Waals surface area contributed by atoms with E-state index in [9.17, 15) is 21.6 Å². The summed E-state index contributed by atoms with van der Waals surface area (Å²) in [5.74, 6) is -2.14. The van der Waals surface area contributed by atoms with Crippen LogP contribution in [0.25, 0.3) is 0 Å². The van der Waals surface area contributed by atoms with Gasteiger partial charge >= 0.3 is 15.6 Å². The highest BCUT2D eigenvalue weighted by Crippen LogP contribution is 2.43. The van der Waals surface area contributed by atoms with Crippen LogP contribution in [0.3, 0.4) is 0 Å². The molecule has 0 spiro atoms. The number of alkyl halides is 3. The van der Waals surface area contributed by atoms with E-state index in [1.165, 1.54) is 13.8 Å². The van der Waals surface area contributed by atoms with Gasteiger partial charge in [-0.25, -0.2) is 0 Å². The monoisotopic (exact) mass is 392 g/mol. The Morgan fingerprint density at radius 1 is 1.00 bits per heavy atom. The predicted molar refractivity (Wildman–Crippen MR) is 73.4 cm³/mol. The van der Waals surface area contributed by atoms with Crippen molar-refractivity contribution in [1.82, 2.24) is 0 Å². The van der Waals surface area contributed by atoms with Gasteiger partial charge in [-0.3, -0.25) is 4.18 Å². The van der Waals surface area contributed by atoms with Gasteiger partial charge in [0.2, 0.25) is 0 Å². The van der Waals surface area contributed by atoms with Gasteiger partial charge in [-0.2, -0.15) is 21.6 Å². The Bertz CT molecular complexity index is 632. The van der Waals surface area contributed by atoms with Crippen LogP contribution in [0.1, 0.15) is 27.7 Å². The second-order valence-electron chi connectivity index (χ2n) is 6.90. The van der Waals surface area contributed by atoms with E-state index in [4.69, 9.17) is 23.7 Å². The summed E-state index contributed by atoms with van der Waals surface area (Å²) in [5, 5.41) is 0. The first-order valence-electron chi connectivity index (χ1n) is 7.53. The molecule has 8 nitrogen and oxygen atoms in total. The van der Waals surface area contributed by atoms with Gasteiger partial charge in [-0.15, -0.1) is 0 Å². The van der Waals surface area contributed by atoms with Gasteiger partial charge in [0.15, 0.2) is 17.9 Å². The first-order chi connectivity index (χ1) is 11.2. The Morgan fingerprint density at radius 2 is 1.64 bits per heavy atom. The topological polar surface area (TPSA) is 89.5 Å². The van der Waals surface area contributed by atoms with Crippen LogP contribution < -0.4 is 0 Å². The van der Waals surface area contributed by atoms with Gasteiger partial charge in [-0.1, -0.05) is 0 Å². The van der Waals surface area contributed by atoms with Crippen molar-refractivity contribution in [2.24, 2.45) is 0 Å². The molecule has 0 N–H and O–H groups in total. The molecule has 0 radical (unpaired) electrons. The zero-order chi connectivity index (χ0) is 18.8. The van der Waals surface area contributed by atoms with Crippen molar-refractivity contribution in [3.63, 3.8) is 0 Å². The van der Waals surface area contributed by atoms with Gasteiger partial charge in [0.05, 0.1) is 6.61 Å². The van der Waals surface area contributed by atoms with Gasteiger partial charge < -0.3 is 23.7 Å². The first kappa shape index (κ1) is 19.3. The quantitative estimate of drug-likeness (QED) is 0.524. The zero-order valence-corrected chi connectivity index (χ0v) is 14.7. The van der Waals surface area contributed by atoms with E-state index in [2.05, 4.69) is 4.18 Å². The minimum atomic E-state index is -5.86. The smallest absolute Gasteiger partial charge is 0.348 e. The number of rotatable bonds is 3. The Morgan fingerprint density at radius 3 is 2.16 bits per heavy atom. The molecule has 146 valence electrons. The van der Waals surface area contributed by atoms with Crippen molar-refractivity contribution in [3.8, 4) is 0 Å². The molecule has 0 amide bonds. The average Bonchev–Trinajstić information content (AvgIpc) is 2.99. The van der Waals surface area contributed by atoms with E-state index in [1.807, 2.05) is 0 Å². The molecule has 25 heavy (non-hydrogen) atoms. The van der Waals surface area contributed by atoms with Crippen molar-refractivity contribution in [2.45, 2.75) is 75.5 Å². The van der Waals surface area contributed by atoms with E-state index in [1.54, 1.807) is 13.8 Å². The Kier molecular flexibility index (Phi) is 4.43. The summed E-state index contributed by atoms with van der Waals surface area (Å²) >= 11 is 0. The third kappa shape index (κ3) is 3.66. The molecule has 0 aliphatic carbocycles. The van der Waals surface area contributed by atoms with Crippen LogP contribution in [0.15, 0.2) is 0 Å². The Labute approximate surface area is 142 Å². The lowest BCUT2D eigenvalue weighted by molar-refractivity contribution is -0.230. The standard InChI is InChI=1S/C13H19F3O8S/c1-11(2)19-5-6(21-11)7-8(24-25(17,18)13(14,15)16)9-10(20-7)23-12(3,4)22-9/h6-10H,5H2,1-4H3/t6?,7-,8?,9-,10-/m0/s1. The third-order valence-electron chi connectivity index (χ3n) is 3.95. The van der Waals surface area contributed by atoms with E-state index >= 15 is 0 Å². The summed E-state index contributed by atoms with van der Waals surface area (Å²) in [6, 6.07) is 0. The highest BCUT2D eigenvalue weighted by molar-refractivity contribution is 7.87. The fourth-order valence-electron chi connectivity index (χ4n) is 2.99. The average molecular weight is 392 g/mol. The molecule has 3 rings (SSSR count). The van der Waals surface area contributed by atoms with Crippen LogP contribution in [0.4, 0.5) is 13.2 Å². The fourth-order valence-corrected chi connectivity index (χ4v) is 3.61. The number of hydrogen-bond acceptors (Lipinski definition) is 8. The van der Waals surface area contributed by atoms with Crippen molar-refractivity contribution in [3.05, 3.63) is 0 Å². The SMILES string of the molecule is CC1(C)OCC([C@@H]2O[C@H]3OC(C)(C)O[C@H]3C2OS(=O)(=O)C(F)(F)F)O1. The maximum absolute atomic E-state index is 12.7. The van der Waals surface area contributed by atoms with Crippen LogP contribution >= 0.6 is 0 Å². The van der Waals surface area contributed by atoms with Crippen LogP contribution in [-0.4, -0.2) is 62.8 Å². The number of hydrogen-bond donors (Lipinski definition) is 0. The van der Waals surface area contributed by atoms with E-state index in [0.29, 0.717) is 0 Å². The zero-order valence-electron chi connectivity index (χ0n) is 13.9. The maximum atomic E-state index is 12.7. The lowest BCUT2D eigenvalue weighted by Crippen LogP contribution is -2.46. The predicted octanol–water partition coefficient (Wildman–Crippen LogP) is 1.25. The first-order valence-corrected chi connectivity index (χ1v) is 8.94. The molecule has 0 aromatic carbocycles. The minimum Gasteiger partial charge on any atom is -0.348 e. The summed E-state index contributed by atoms with van der Waals surface area (Å²) in [4.78, 5) is 0. The molecule has 3 heterocycles. The number of fused-ring (bicyclic) bond motifs is 1. The molecule has 0 aromatic heterocycles. The molecule has 3 aliphatic heterocycles. The van der Waals surface area contributed by atoms with Crippen molar-refractivity contribution >= 4 is 10.1 Å². The largest absolute Gasteiger partial charge is 0.523 e. The van der Waals surface area contributed by atoms with Gasteiger partial charge in [0.25, 0.3) is 0 Å². The van der Waals surface area contributed by atoms with Crippen LogP contribution in [-0.2, 0) is 38.0 Å². The number of ether oxygens (including phenoxy) is 5. The second-order valence-corrected chi connectivity index (χ2v) is 8.46. The Balaban J connectivity index is 1.86. The van der Waals surface area contributed by atoms with E-state index in [-0.39, 0.29) is 6.61 Å². The summed E-state index contributed by atoms with van der Waals surface area (Å²) in [6.07, 6.45) is -5.86. The summed E-state index contributed by atoms with van der Waals surface area (Å²) in [7, 11) is -5.86. The maximum Gasteiger partial charge on any atom is 0.523 e. The molecule has 2 unspecified atom stereocenters. The molecule has 0 bridgehead atoms. The highest BCUT2D eigenvalue weighted by Gasteiger charge is 2.62. The molecule has 3 fully saturated rings. The molecule has 5 atom stereocenters. The van der Waals surface area contributed by atoms with Crippen molar-refractivity contribution < 1.29 is 49.5 Å². The van der Waals surface area contributed by atoms with E-state index < -0.39 is 57.9 Å².